The van der Waals surface area contributed by atoms with Gasteiger partial charge in [-0.1, -0.05) is 35.8 Å². The van der Waals surface area contributed by atoms with Crippen LogP contribution in [0.15, 0.2) is 66.3 Å². The summed E-state index contributed by atoms with van der Waals surface area (Å²) in [7, 11) is 0. The minimum absolute atomic E-state index is 0.109. The van der Waals surface area contributed by atoms with Crippen LogP contribution >= 0.6 is 23.2 Å². The number of rotatable bonds is 7. The van der Waals surface area contributed by atoms with Crippen molar-refractivity contribution in [1.29, 1.82) is 0 Å². The van der Waals surface area contributed by atoms with Crippen LogP contribution in [0.25, 0.3) is 0 Å². The van der Waals surface area contributed by atoms with Crippen molar-refractivity contribution in [3.8, 4) is 11.6 Å². The van der Waals surface area contributed by atoms with Gasteiger partial charge in [0.05, 0.1) is 11.2 Å². The summed E-state index contributed by atoms with van der Waals surface area (Å²) in [5, 5.41) is 5.86. The van der Waals surface area contributed by atoms with Crippen molar-refractivity contribution in [2.45, 2.75) is 6.92 Å². The fourth-order valence-corrected chi connectivity index (χ4v) is 3.77. The zero-order chi connectivity index (χ0) is 25.7. The quantitative estimate of drug-likeness (QED) is 0.416. The fraction of sp³-hybridized carbons (Fsp3) is 0.200. The summed E-state index contributed by atoms with van der Waals surface area (Å²) < 4.78 is 5.83. The number of nitrogens with zero attached hydrogens (tertiary/aromatic N) is 4. The number of anilines is 4. The van der Waals surface area contributed by atoms with E-state index in [-0.39, 0.29) is 21.8 Å². The number of aromatic nitrogens is 2. The Morgan fingerprint density at radius 2 is 1.78 bits per heavy atom. The zero-order valence-corrected chi connectivity index (χ0v) is 21.0. The second kappa shape index (κ2) is 11.3. The highest BCUT2D eigenvalue weighted by Gasteiger charge is 2.18. The van der Waals surface area contributed by atoms with Crippen LogP contribution in [0.3, 0.4) is 0 Å². The fourth-order valence-electron chi connectivity index (χ4n) is 3.60. The van der Waals surface area contributed by atoms with E-state index in [9.17, 15) is 9.59 Å². The number of carbonyl (C=O) groups excluding carboxylic acids is 2. The smallest absolute Gasteiger partial charge is 0.266 e. The van der Waals surface area contributed by atoms with Gasteiger partial charge in [0, 0.05) is 56.2 Å². The van der Waals surface area contributed by atoms with Crippen LogP contribution in [0.2, 0.25) is 5.02 Å². The first-order chi connectivity index (χ1) is 17.3. The molecule has 1 aliphatic rings. The Kier molecular flexibility index (Phi) is 7.92. The molecule has 1 saturated heterocycles. The number of hydrogen-bond donors (Lipinski definition) is 2. The Morgan fingerprint density at radius 1 is 1.06 bits per heavy atom. The monoisotopic (exact) mass is 526 g/mol. The molecule has 9 nitrogen and oxygen atoms in total. The number of halogens is 2. The topological polar surface area (TPSA) is 99.7 Å². The molecule has 2 N–H and O–H groups in total. The molecule has 36 heavy (non-hydrogen) atoms. The predicted molar refractivity (Wildman–Crippen MR) is 141 cm³/mol. The van der Waals surface area contributed by atoms with Crippen LogP contribution in [0, 0.1) is 0 Å². The molecule has 1 aliphatic heterocycles. The summed E-state index contributed by atoms with van der Waals surface area (Å²) in [4.78, 5) is 36.0. The van der Waals surface area contributed by atoms with E-state index in [1.165, 1.54) is 6.20 Å². The average molecular weight is 527 g/mol. The number of nitrogens with one attached hydrogen (secondary N) is 2. The summed E-state index contributed by atoms with van der Waals surface area (Å²) in [6.07, 6.45) is 1.44. The van der Waals surface area contributed by atoms with Crippen molar-refractivity contribution in [3.05, 3.63) is 71.4 Å². The molecule has 186 valence electrons. The SMILES string of the molecule is C=C(Cl)C(=O)Nc1cccc(Oc2nc(Nc3ccc(N4CCN(C(C)=O)CC4)cc3)ncc2Cl)c1. The third-order valence-electron chi connectivity index (χ3n) is 5.48. The van der Waals surface area contributed by atoms with Gasteiger partial charge in [0.15, 0.2) is 0 Å². The Labute approximate surface area is 218 Å². The number of piperazine rings is 1. The molecule has 1 fully saturated rings. The summed E-state index contributed by atoms with van der Waals surface area (Å²) in [6.45, 7) is 8.01. The first-order valence-electron chi connectivity index (χ1n) is 11.1. The van der Waals surface area contributed by atoms with E-state index >= 15 is 0 Å². The maximum atomic E-state index is 11.8. The first kappa shape index (κ1) is 25.3. The maximum absolute atomic E-state index is 11.8. The van der Waals surface area contributed by atoms with Crippen molar-refractivity contribution in [1.82, 2.24) is 14.9 Å². The second-order valence-corrected chi connectivity index (χ2v) is 8.86. The van der Waals surface area contributed by atoms with E-state index in [2.05, 4.69) is 32.1 Å². The highest BCUT2D eigenvalue weighted by molar-refractivity contribution is 6.43. The van der Waals surface area contributed by atoms with Gasteiger partial charge in [-0.15, -0.1) is 0 Å². The van der Waals surface area contributed by atoms with E-state index in [1.807, 2.05) is 29.2 Å². The molecule has 2 heterocycles. The molecule has 0 unspecified atom stereocenters. The van der Waals surface area contributed by atoms with Gasteiger partial charge >= 0.3 is 0 Å². The molecule has 0 atom stereocenters. The lowest BCUT2D eigenvalue weighted by Gasteiger charge is -2.35. The second-order valence-electron chi connectivity index (χ2n) is 8.00. The number of ether oxygens (including phenoxy) is 1. The van der Waals surface area contributed by atoms with E-state index in [0.717, 1.165) is 24.5 Å². The molecule has 11 heteroatoms. The number of benzene rings is 2. The molecule has 0 saturated carbocycles. The van der Waals surface area contributed by atoms with E-state index in [0.29, 0.717) is 30.5 Å². The molecule has 0 radical (unpaired) electrons. The third-order valence-corrected chi connectivity index (χ3v) is 5.91. The van der Waals surface area contributed by atoms with Crippen LogP contribution in [-0.2, 0) is 9.59 Å². The van der Waals surface area contributed by atoms with Crippen molar-refractivity contribution < 1.29 is 14.3 Å². The molecular weight excluding hydrogens is 503 g/mol. The third kappa shape index (κ3) is 6.44. The van der Waals surface area contributed by atoms with Crippen molar-refractivity contribution >= 4 is 58.0 Å². The van der Waals surface area contributed by atoms with Gasteiger partial charge in [-0.25, -0.2) is 4.98 Å². The molecule has 0 bridgehead atoms. The minimum atomic E-state index is -0.510. The van der Waals surface area contributed by atoms with Gasteiger partial charge in [0.2, 0.25) is 17.7 Å². The van der Waals surface area contributed by atoms with E-state index in [1.54, 1.807) is 31.2 Å². The van der Waals surface area contributed by atoms with Gasteiger partial charge in [-0.3, -0.25) is 9.59 Å². The highest BCUT2D eigenvalue weighted by Crippen LogP contribution is 2.30. The zero-order valence-electron chi connectivity index (χ0n) is 19.5. The number of amides is 2. The molecule has 2 aromatic carbocycles. The Hall–Kier alpha value is -3.82. The average Bonchev–Trinajstić information content (AvgIpc) is 2.87. The normalized spacial score (nSPS) is 13.2. The Bertz CT molecular complexity index is 1280. The lowest BCUT2D eigenvalue weighted by Crippen LogP contribution is -2.48. The lowest BCUT2D eigenvalue weighted by molar-refractivity contribution is -0.129. The molecule has 2 amide bonds. The van der Waals surface area contributed by atoms with Gasteiger partial charge in [-0.05, 0) is 36.4 Å². The van der Waals surface area contributed by atoms with Gasteiger partial charge in [0.25, 0.3) is 5.91 Å². The summed E-state index contributed by atoms with van der Waals surface area (Å²) in [6, 6.07) is 14.6. The molecule has 4 rings (SSSR count). The molecule has 0 aliphatic carbocycles. The van der Waals surface area contributed by atoms with Crippen LogP contribution in [0.4, 0.5) is 23.0 Å². The highest BCUT2D eigenvalue weighted by atomic mass is 35.5. The lowest BCUT2D eigenvalue weighted by atomic mass is 10.2. The van der Waals surface area contributed by atoms with Gasteiger partial charge < -0.3 is 25.2 Å². The first-order valence-corrected chi connectivity index (χ1v) is 11.9. The summed E-state index contributed by atoms with van der Waals surface area (Å²) in [5.74, 6) is 0.468. The summed E-state index contributed by atoms with van der Waals surface area (Å²) >= 11 is 11.9. The Morgan fingerprint density at radius 3 is 2.44 bits per heavy atom. The van der Waals surface area contributed by atoms with Crippen LogP contribution in [0.5, 0.6) is 11.6 Å². The van der Waals surface area contributed by atoms with Crippen molar-refractivity contribution in [3.63, 3.8) is 0 Å². The van der Waals surface area contributed by atoms with Crippen LogP contribution in [-0.4, -0.2) is 52.9 Å². The predicted octanol–water partition coefficient (Wildman–Crippen LogP) is 5.03. The van der Waals surface area contributed by atoms with Gasteiger partial charge in [0.1, 0.15) is 10.8 Å². The van der Waals surface area contributed by atoms with E-state index in [4.69, 9.17) is 27.9 Å². The standard InChI is InChI=1S/C25H24Cl2N6O3/c1-16(26)23(35)29-19-4-3-5-21(14-19)36-24-22(27)15-28-25(31-24)30-18-6-8-20(9-7-18)33-12-10-32(11-13-33)17(2)34/h3-9,14-15H,1,10-13H2,2H3,(H,29,35)(H,28,30,31). The van der Waals surface area contributed by atoms with Crippen LogP contribution < -0.4 is 20.3 Å². The largest absolute Gasteiger partial charge is 0.437 e. The van der Waals surface area contributed by atoms with Crippen LogP contribution in [0.1, 0.15) is 6.92 Å². The summed E-state index contributed by atoms with van der Waals surface area (Å²) in [5.41, 5.74) is 2.35. The van der Waals surface area contributed by atoms with Crippen molar-refractivity contribution in [2.75, 3.05) is 41.7 Å². The molecular formula is C25H24Cl2N6O3. The van der Waals surface area contributed by atoms with E-state index < -0.39 is 5.91 Å². The molecule has 1 aromatic heterocycles. The van der Waals surface area contributed by atoms with Crippen molar-refractivity contribution in [2.24, 2.45) is 0 Å². The maximum Gasteiger partial charge on any atom is 0.266 e. The number of carbonyl (C=O) groups is 2. The Balaban J connectivity index is 1.41. The molecule has 3 aromatic rings. The number of hydrogen-bond acceptors (Lipinski definition) is 7. The van der Waals surface area contributed by atoms with Gasteiger partial charge in [-0.2, -0.15) is 4.98 Å². The minimum Gasteiger partial charge on any atom is -0.437 e. The molecule has 0 spiro atoms.